The van der Waals surface area contributed by atoms with Gasteiger partial charge in [0.1, 0.15) is 5.69 Å². The third-order valence-corrected chi connectivity index (χ3v) is 3.19. The summed E-state index contributed by atoms with van der Waals surface area (Å²) in [5.74, 6) is 4.75. The summed E-state index contributed by atoms with van der Waals surface area (Å²) in [5, 5.41) is 13.6. The number of carbonyl (C=O) groups is 1. The molecule has 21 heavy (non-hydrogen) atoms. The van der Waals surface area contributed by atoms with E-state index in [0.29, 0.717) is 5.69 Å². The van der Waals surface area contributed by atoms with Crippen LogP contribution in [0.15, 0.2) is 46.9 Å². The largest absolute Gasteiger partial charge is 0.322 e. The molecule has 0 heterocycles. The zero-order chi connectivity index (χ0) is 15.4. The van der Waals surface area contributed by atoms with Gasteiger partial charge >= 0.3 is 0 Å². The maximum atomic E-state index is 12.1. The minimum Gasteiger partial charge on any atom is -0.322 e. The lowest BCUT2D eigenvalue weighted by atomic mass is 10.1. The Balaban J connectivity index is 2.27. The Hall–Kier alpha value is -2.45. The lowest BCUT2D eigenvalue weighted by Crippen LogP contribution is -2.14. The van der Waals surface area contributed by atoms with Crippen LogP contribution in [-0.4, -0.2) is 10.8 Å². The first-order valence-electron chi connectivity index (χ1n) is 5.83. The summed E-state index contributed by atoms with van der Waals surface area (Å²) >= 11 is 3.30. The number of halogens is 1. The van der Waals surface area contributed by atoms with E-state index >= 15 is 0 Å². The van der Waals surface area contributed by atoms with Crippen LogP contribution in [0.3, 0.4) is 0 Å². The second-order valence-electron chi connectivity index (χ2n) is 4.10. The summed E-state index contributed by atoms with van der Waals surface area (Å²) in [5.41, 5.74) is 2.84. The van der Waals surface area contributed by atoms with Crippen LogP contribution in [0.1, 0.15) is 10.4 Å². The van der Waals surface area contributed by atoms with Crippen LogP contribution in [0.4, 0.5) is 17.1 Å². The molecule has 7 nitrogen and oxygen atoms in total. The normalized spacial score (nSPS) is 10.0. The molecule has 0 saturated heterocycles. The molecule has 0 unspecified atom stereocenters. The predicted molar refractivity (Wildman–Crippen MR) is 83.0 cm³/mol. The van der Waals surface area contributed by atoms with Crippen molar-refractivity contribution in [2.24, 2.45) is 5.84 Å². The lowest BCUT2D eigenvalue weighted by Gasteiger charge is -2.07. The number of nitrogens with zero attached hydrogens (tertiary/aromatic N) is 1. The van der Waals surface area contributed by atoms with Crippen molar-refractivity contribution in [3.8, 4) is 0 Å². The van der Waals surface area contributed by atoms with Gasteiger partial charge in [0.2, 0.25) is 0 Å². The summed E-state index contributed by atoms with van der Waals surface area (Å²) in [7, 11) is 0. The van der Waals surface area contributed by atoms with E-state index in [1.54, 1.807) is 18.2 Å². The maximum absolute atomic E-state index is 12.1. The van der Waals surface area contributed by atoms with Gasteiger partial charge in [0.15, 0.2) is 0 Å². The van der Waals surface area contributed by atoms with Crippen LogP contribution in [0, 0.1) is 10.1 Å². The highest BCUT2D eigenvalue weighted by atomic mass is 79.9. The Bertz CT molecular complexity index is 706. The van der Waals surface area contributed by atoms with E-state index in [1.165, 1.54) is 18.2 Å². The highest BCUT2D eigenvalue weighted by molar-refractivity contribution is 9.10. The third kappa shape index (κ3) is 3.56. The van der Waals surface area contributed by atoms with Gasteiger partial charge in [-0.15, -0.1) is 0 Å². The molecule has 0 bridgehead atoms. The maximum Gasteiger partial charge on any atom is 0.294 e. The van der Waals surface area contributed by atoms with Crippen molar-refractivity contribution in [3.05, 3.63) is 62.6 Å². The fourth-order valence-corrected chi connectivity index (χ4v) is 2.11. The average molecular weight is 351 g/mol. The molecule has 108 valence electrons. The molecule has 0 fully saturated rings. The van der Waals surface area contributed by atoms with E-state index in [2.05, 4.69) is 26.7 Å². The molecule has 1 amide bonds. The molecule has 2 aromatic rings. The number of anilines is 2. The molecule has 2 rings (SSSR count). The zero-order valence-corrected chi connectivity index (χ0v) is 12.3. The van der Waals surface area contributed by atoms with Crippen molar-refractivity contribution in [2.75, 3.05) is 10.7 Å². The van der Waals surface area contributed by atoms with E-state index in [0.717, 1.165) is 4.47 Å². The molecule has 0 aliphatic heterocycles. The van der Waals surface area contributed by atoms with Gasteiger partial charge in [-0.1, -0.05) is 22.0 Å². The summed E-state index contributed by atoms with van der Waals surface area (Å²) in [6.45, 7) is 0. The van der Waals surface area contributed by atoms with Crippen molar-refractivity contribution in [2.45, 2.75) is 0 Å². The van der Waals surface area contributed by atoms with Crippen molar-refractivity contribution in [1.29, 1.82) is 0 Å². The fourth-order valence-electron chi connectivity index (χ4n) is 1.72. The molecule has 0 aliphatic carbocycles. The number of hydrogen-bond donors (Lipinski definition) is 3. The van der Waals surface area contributed by atoms with Crippen LogP contribution < -0.4 is 16.6 Å². The van der Waals surface area contributed by atoms with E-state index in [4.69, 9.17) is 5.84 Å². The van der Waals surface area contributed by atoms with Crippen molar-refractivity contribution in [1.82, 2.24) is 0 Å². The minimum atomic E-state index is -0.606. The summed E-state index contributed by atoms with van der Waals surface area (Å²) in [4.78, 5) is 22.4. The second kappa shape index (κ2) is 6.33. The minimum absolute atomic E-state index is 0.138. The summed E-state index contributed by atoms with van der Waals surface area (Å²) in [6.07, 6.45) is 0. The molecular weight excluding hydrogens is 340 g/mol. The van der Waals surface area contributed by atoms with E-state index in [9.17, 15) is 14.9 Å². The van der Waals surface area contributed by atoms with Gasteiger partial charge in [0.25, 0.3) is 11.6 Å². The van der Waals surface area contributed by atoms with Crippen LogP contribution in [0.25, 0.3) is 0 Å². The first-order valence-corrected chi connectivity index (χ1v) is 6.62. The number of hydrogen-bond acceptors (Lipinski definition) is 5. The molecule has 0 radical (unpaired) electrons. The highest BCUT2D eigenvalue weighted by Crippen LogP contribution is 2.25. The molecule has 2 aromatic carbocycles. The smallest absolute Gasteiger partial charge is 0.294 e. The van der Waals surface area contributed by atoms with Crippen LogP contribution >= 0.6 is 15.9 Å². The van der Waals surface area contributed by atoms with E-state index in [-0.39, 0.29) is 16.9 Å². The predicted octanol–water partition coefficient (Wildman–Crippen LogP) is 2.90. The van der Waals surface area contributed by atoms with Gasteiger partial charge in [0, 0.05) is 21.8 Å². The molecule has 0 aromatic heterocycles. The number of nitro benzene ring substituents is 1. The van der Waals surface area contributed by atoms with Crippen molar-refractivity contribution >= 4 is 38.9 Å². The quantitative estimate of drug-likeness (QED) is 0.446. The number of benzene rings is 2. The number of nitrogens with two attached hydrogens (primary N) is 1. The molecule has 8 heteroatoms. The molecule has 0 saturated carbocycles. The van der Waals surface area contributed by atoms with Crippen molar-refractivity contribution < 1.29 is 9.72 Å². The van der Waals surface area contributed by atoms with Gasteiger partial charge in [-0.2, -0.15) is 0 Å². The Morgan fingerprint density at radius 1 is 1.24 bits per heavy atom. The number of carbonyl (C=O) groups excluding carboxylic acids is 1. The standard InChI is InChI=1S/C13H11BrN4O3/c14-9-2-1-3-10(7-9)16-13(19)8-4-5-11(17-15)12(6-8)18(20)21/h1-7,17H,15H2,(H,16,19). The van der Waals surface area contributed by atoms with Gasteiger partial charge in [-0.3, -0.25) is 20.8 Å². The Morgan fingerprint density at radius 3 is 2.62 bits per heavy atom. The molecule has 0 atom stereocenters. The lowest BCUT2D eigenvalue weighted by molar-refractivity contribution is -0.384. The first-order chi connectivity index (χ1) is 10.0. The van der Waals surface area contributed by atoms with Gasteiger partial charge in [-0.25, -0.2) is 0 Å². The third-order valence-electron chi connectivity index (χ3n) is 2.69. The Kier molecular flexibility index (Phi) is 4.51. The molecular formula is C13H11BrN4O3. The number of nitrogens with one attached hydrogen (secondary N) is 2. The number of amides is 1. The molecule has 0 spiro atoms. The zero-order valence-electron chi connectivity index (χ0n) is 10.7. The van der Waals surface area contributed by atoms with E-state index < -0.39 is 10.8 Å². The first kappa shape index (κ1) is 14.9. The monoisotopic (exact) mass is 350 g/mol. The number of rotatable bonds is 4. The summed E-state index contributed by atoms with van der Waals surface area (Å²) in [6, 6.07) is 11.0. The number of nitro groups is 1. The number of hydrazine groups is 1. The van der Waals surface area contributed by atoms with Crippen LogP contribution in [0.2, 0.25) is 0 Å². The second-order valence-corrected chi connectivity index (χ2v) is 5.01. The van der Waals surface area contributed by atoms with Crippen LogP contribution in [0.5, 0.6) is 0 Å². The van der Waals surface area contributed by atoms with Crippen molar-refractivity contribution in [3.63, 3.8) is 0 Å². The van der Waals surface area contributed by atoms with Gasteiger partial charge < -0.3 is 10.7 Å². The van der Waals surface area contributed by atoms with Crippen LogP contribution in [-0.2, 0) is 0 Å². The van der Waals surface area contributed by atoms with Gasteiger partial charge in [-0.05, 0) is 30.3 Å². The number of nitrogen functional groups attached to an aromatic ring is 1. The van der Waals surface area contributed by atoms with E-state index in [1.807, 2.05) is 6.07 Å². The topological polar surface area (TPSA) is 110 Å². The Morgan fingerprint density at radius 2 is 2.00 bits per heavy atom. The Labute approximate surface area is 128 Å². The fraction of sp³-hybridized carbons (Fsp3) is 0. The highest BCUT2D eigenvalue weighted by Gasteiger charge is 2.17. The average Bonchev–Trinajstić information content (AvgIpc) is 2.46. The summed E-state index contributed by atoms with van der Waals surface area (Å²) < 4.78 is 0.814. The SMILES string of the molecule is NNc1ccc(C(=O)Nc2cccc(Br)c2)cc1[N+](=O)[O-]. The molecule has 0 aliphatic rings. The van der Waals surface area contributed by atoms with Gasteiger partial charge in [0.05, 0.1) is 4.92 Å². The molecule has 4 N–H and O–H groups in total.